The summed E-state index contributed by atoms with van der Waals surface area (Å²) in [4.78, 5) is 12.0. The van der Waals surface area contributed by atoms with Crippen LogP contribution in [0.5, 0.6) is 0 Å². The van der Waals surface area contributed by atoms with Crippen molar-refractivity contribution in [3.05, 3.63) is 71.3 Å². The Labute approximate surface area is 206 Å². The molecular weight excluding hydrogens is 423 g/mol. The number of allylic oxidation sites excluding steroid dienone is 1. The molecule has 1 aromatic carbocycles. The number of benzene rings is 1. The molecular formula is C28H41BN2O3. The molecule has 0 radical (unpaired) electrons. The highest BCUT2D eigenvalue weighted by atomic mass is 16.5. The molecule has 1 aromatic heterocycles. The number of hydrogen-bond donors (Lipinski definition) is 0. The second kappa shape index (κ2) is 14.5. The molecule has 0 saturated carbocycles. The minimum absolute atomic E-state index is 0.0326. The normalized spacial score (nSPS) is 13.3. The summed E-state index contributed by atoms with van der Waals surface area (Å²) in [5, 5.41) is 4.79. The van der Waals surface area contributed by atoms with Crippen molar-refractivity contribution in [2.45, 2.75) is 91.8 Å². The molecule has 0 aliphatic heterocycles. The number of carbonyl (C=O) groups excluding carboxylic acids is 1. The lowest BCUT2D eigenvalue weighted by atomic mass is 9.73. The molecule has 2 aromatic rings. The van der Waals surface area contributed by atoms with E-state index in [-0.39, 0.29) is 12.0 Å². The molecule has 6 heteroatoms. The van der Waals surface area contributed by atoms with Crippen LogP contribution in [0.4, 0.5) is 4.79 Å². The van der Waals surface area contributed by atoms with Crippen LogP contribution in [-0.4, -0.2) is 29.0 Å². The summed E-state index contributed by atoms with van der Waals surface area (Å²) in [6, 6.07) is 10.1. The summed E-state index contributed by atoms with van der Waals surface area (Å²) in [7, 11) is 0.384. The minimum Gasteiger partial charge on any atom is -0.491 e. The van der Waals surface area contributed by atoms with Crippen LogP contribution in [0.2, 0.25) is 6.32 Å². The van der Waals surface area contributed by atoms with E-state index in [9.17, 15) is 4.79 Å². The van der Waals surface area contributed by atoms with Crippen molar-refractivity contribution in [2.75, 3.05) is 0 Å². The van der Waals surface area contributed by atoms with E-state index < -0.39 is 0 Å². The Morgan fingerprint density at radius 1 is 1.18 bits per heavy atom. The first-order valence-electron chi connectivity index (χ1n) is 12.6. The minimum atomic E-state index is -0.178. The first-order chi connectivity index (χ1) is 16.3. The van der Waals surface area contributed by atoms with Gasteiger partial charge in [-0.25, -0.2) is 0 Å². The van der Waals surface area contributed by atoms with Gasteiger partial charge in [0.05, 0.1) is 11.8 Å². The summed E-state index contributed by atoms with van der Waals surface area (Å²) in [5.41, 5.74) is 4.24. The van der Waals surface area contributed by atoms with Gasteiger partial charge in [-0.3, -0.25) is 9.48 Å². The van der Waals surface area contributed by atoms with Gasteiger partial charge in [0.2, 0.25) is 5.87 Å². The fourth-order valence-electron chi connectivity index (χ4n) is 4.04. The smallest absolute Gasteiger partial charge is 0.260 e. The molecule has 0 aliphatic carbocycles. The van der Waals surface area contributed by atoms with Gasteiger partial charge in [0.25, 0.3) is 7.28 Å². The van der Waals surface area contributed by atoms with Gasteiger partial charge in [-0.1, -0.05) is 69.4 Å². The highest BCUT2D eigenvalue weighted by molar-refractivity contribution is 6.71. The fourth-order valence-corrected chi connectivity index (χ4v) is 4.04. The van der Waals surface area contributed by atoms with Gasteiger partial charge < -0.3 is 9.47 Å². The van der Waals surface area contributed by atoms with E-state index >= 15 is 0 Å². The molecule has 0 fully saturated rings. The van der Waals surface area contributed by atoms with Crippen LogP contribution < -0.4 is 0 Å². The van der Waals surface area contributed by atoms with Gasteiger partial charge in [-0.05, 0) is 58.3 Å². The molecule has 0 spiro atoms. The Hall–Kier alpha value is -2.76. The van der Waals surface area contributed by atoms with Gasteiger partial charge in [0.15, 0.2) is 0 Å². The molecule has 5 nitrogen and oxygen atoms in total. The molecule has 2 unspecified atom stereocenters. The topological polar surface area (TPSA) is 53.4 Å². The number of ether oxygens (including phenoxy) is 2. The quantitative estimate of drug-likeness (QED) is 0.122. The number of nitrogens with zero attached hydrogens (tertiary/aromatic N) is 2. The Bertz CT molecular complexity index is 937. The van der Waals surface area contributed by atoms with Crippen LogP contribution in [0.1, 0.15) is 81.4 Å². The van der Waals surface area contributed by atoms with Crippen LogP contribution in [0.25, 0.3) is 6.08 Å². The van der Waals surface area contributed by atoms with Crippen molar-refractivity contribution in [2.24, 2.45) is 0 Å². The zero-order valence-electron chi connectivity index (χ0n) is 21.7. The van der Waals surface area contributed by atoms with Gasteiger partial charge in [-0.15, -0.1) is 0 Å². The van der Waals surface area contributed by atoms with E-state index in [0.29, 0.717) is 26.2 Å². The SMILES string of the molecule is C=C/C(=C\c1c(C)nn(C(C)CCCCC)c1C)OC(C)CCBC(=O)OCc1ccccc1. The second-order valence-corrected chi connectivity index (χ2v) is 9.09. The molecule has 34 heavy (non-hydrogen) atoms. The van der Waals surface area contributed by atoms with Crippen molar-refractivity contribution in [3.63, 3.8) is 0 Å². The number of rotatable bonds is 15. The lowest BCUT2D eigenvalue weighted by Gasteiger charge is -2.16. The van der Waals surface area contributed by atoms with Crippen LogP contribution in [0.15, 0.2) is 48.7 Å². The molecule has 2 atom stereocenters. The number of aromatic nitrogens is 2. The molecule has 0 bridgehead atoms. The highest BCUT2D eigenvalue weighted by Gasteiger charge is 2.16. The number of carbonyl (C=O) groups is 1. The standard InChI is InChI=1S/C28H41BN2O3/c1-7-9-11-14-21(3)31-24(6)27(23(5)30-31)19-26(8-2)34-22(4)17-18-29-28(32)33-20-25-15-12-10-13-16-25/h8,10,12-13,15-16,19,21-22,29H,2,7,9,11,14,17-18,20H2,1,3-6H3/b26-19+. The van der Waals surface area contributed by atoms with Gasteiger partial charge in [0, 0.05) is 17.3 Å². The molecule has 0 saturated heterocycles. The average molecular weight is 464 g/mol. The predicted octanol–water partition coefficient (Wildman–Crippen LogP) is 7.15. The summed E-state index contributed by atoms with van der Waals surface area (Å²) in [6.45, 7) is 14.9. The average Bonchev–Trinajstić information content (AvgIpc) is 3.11. The van der Waals surface area contributed by atoms with Crippen LogP contribution in [0.3, 0.4) is 0 Å². The van der Waals surface area contributed by atoms with Crippen LogP contribution in [0, 0.1) is 13.8 Å². The molecule has 0 amide bonds. The maximum atomic E-state index is 12.0. The number of hydrogen-bond acceptors (Lipinski definition) is 4. The molecule has 2 rings (SSSR count). The Balaban J connectivity index is 1.86. The first kappa shape index (κ1) is 27.5. The zero-order valence-corrected chi connectivity index (χ0v) is 21.7. The van der Waals surface area contributed by atoms with E-state index in [4.69, 9.17) is 14.6 Å². The Morgan fingerprint density at radius 2 is 1.91 bits per heavy atom. The van der Waals surface area contributed by atoms with E-state index in [1.807, 2.05) is 50.3 Å². The zero-order chi connectivity index (χ0) is 24.9. The maximum Gasteiger partial charge on any atom is 0.260 e. The first-order valence-corrected chi connectivity index (χ1v) is 12.6. The summed E-state index contributed by atoms with van der Waals surface area (Å²) < 4.78 is 13.6. The predicted molar refractivity (Wildman–Crippen MR) is 142 cm³/mol. The van der Waals surface area contributed by atoms with Crippen molar-refractivity contribution in [3.8, 4) is 0 Å². The largest absolute Gasteiger partial charge is 0.491 e. The summed E-state index contributed by atoms with van der Waals surface area (Å²) in [5.74, 6) is 0.547. The lowest BCUT2D eigenvalue weighted by molar-refractivity contribution is 0.140. The van der Waals surface area contributed by atoms with Crippen molar-refractivity contribution in [1.29, 1.82) is 0 Å². The summed E-state index contributed by atoms with van der Waals surface area (Å²) in [6.07, 6.45) is 10.1. The van der Waals surface area contributed by atoms with Crippen LogP contribution in [-0.2, 0) is 16.1 Å². The Kier molecular flexibility index (Phi) is 11.7. The third kappa shape index (κ3) is 8.88. The number of unbranched alkanes of at least 4 members (excludes halogenated alkanes) is 2. The molecule has 1 heterocycles. The van der Waals surface area contributed by atoms with E-state index in [1.54, 1.807) is 6.08 Å². The lowest BCUT2D eigenvalue weighted by Crippen LogP contribution is -2.14. The Morgan fingerprint density at radius 3 is 2.59 bits per heavy atom. The van der Waals surface area contributed by atoms with Gasteiger partial charge >= 0.3 is 0 Å². The molecule has 0 N–H and O–H groups in total. The maximum absolute atomic E-state index is 12.0. The third-order valence-corrected chi connectivity index (χ3v) is 6.08. The van der Waals surface area contributed by atoms with E-state index in [2.05, 4.69) is 32.0 Å². The second-order valence-electron chi connectivity index (χ2n) is 9.09. The van der Waals surface area contributed by atoms with Gasteiger partial charge in [-0.2, -0.15) is 5.10 Å². The van der Waals surface area contributed by atoms with E-state index in [0.717, 1.165) is 41.1 Å². The molecule has 0 aliphatic rings. The number of aryl methyl sites for hydroxylation is 1. The van der Waals surface area contributed by atoms with Crippen LogP contribution >= 0.6 is 0 Å². The van der Waals surface area contributed by atoms with E-state index in [1.165, 1.54) is 19.3 Å². The fraction of sp³-hybridized carbons (Fsp3) is 0.500. The van der Waals surface area contributed by atoms with Crippen molar-refractivity contribution >= 4 is 19.2 Å². The van der Waals surface area contributed by atoms with Gasteiger partial charge in [0.1, 0.15) is 12.4 Å². The van der Waals surface area contributed by atoms with Crippen molar-refractivity contribution in [1.82, 2.24) is 9.78 Å². The monoisotopic (exact) mass is 464 g/mol. The molecule has 184 valence electrons. The highest BCUT2D eigenvalue weighted by Crippen LogP contribution is 2.24. The van der Waals surface area contributed by atoms with Crippen molar-refractivity contribution < 1.29 is 14.3 Å². The summed E-state index contributed by atoms with van der Waals surface area (Å²) >= 11 is 0. The third-order valence-electron chi connectivity index (χ3n) is 6.08.